The monoisotopic (exact) mass is 186 g/mol. The van der Waals surface area contributed by atoms with Gasteiger partial charge in [-0.2, -0.15) is 0 Å². The zero-order chi connectivity index (χ0) is 9.68. The van der Waals surface area contributed by atoms with E-state index >= 15 is 0 Å². The van der Waals surface area contributed by atoms with Crippen molar-refractivity contribution in [1.82, 2.24) is 4.90 Å². The quantitative estimate of drug-likeness (QED) is 0.659. The maximum absolute atomic E-state index is 11.4. The summed E-state index contributed by atoms with van der Waals surface area (Å²) in [7, 11) is 1.54. The number of amides is 1. The molecular weight excluding hydrogens is 168 g/mol. The average molecular weight is 186 g/mol. The van der Waals surface area contributed by atoms with E-state index in [1.807, 2.05) is 0 Å². The highest BCUT2D eigenvalue weighted by atomic mass is 16.5. The van der Waals surface area contributed by atoms with Crippen molar-refractivity contribution in [1.29, 1.82) is 0 Å². The van der Waals surface area contributed by atoms with Gasteiger partial charge in [0.1, 0.15) is 6.61 Å². The van der Waals surface area contributed by atoms with Crippen molar-refractivity contribution in [2.75, 3.05) is 26.8 Å². The predicted octanol–water partition coefficient (Wildman–Crippen LogP) is -0.0274. The fourth-order valence-corrected chi connectivity index (χ4v) is 1.62. The zero-order valence-corrected chi connectivity index (χ0v) is 8.16. The number of hydrogen-bond donors (Lipinski definition) is 1. The van der Waals surface area contributed by atoms with E-state index in [2.05, 4.69) is 0 Å². The Labute approximate surface area is 79.0 Å². The molecule has 1 amide bonds. The maximum atomic E-state index is 11.4. The van der Waals surface area contributed by atoms with Crippen LogP contribution in [-0.4, -0.2) is 43.7 Å². The lowest BCUT2D eigenvalue weighted by Gasteiger charge is -2.22. The molecule has 0 aromatic heterocycles. The predicted molar refractivity (Wildman–Crippen MR) is 50.3 cm³/mol. The summed E-state index contributed by atoms with van der Waals surface area (Å²) < 4.78 is 4.80. The van der Waals surface area contributed by atoms with Gasteiger partial charge < -0.3 is 15.4 Å². The Balaban J connectivity index is 2.42. The van der Waals surface area contributed by atoms with Gasteiger partial charge in [0, 0.05) is 26.2 Å². The maximum Gasteiger partial charge on any atom is 0.248 e. The average Bonchev–Trinajstić information content (AvgIpc) is 2.30. The molecule has 1 atom stereocenters. The number of ether oxygens (including phenoxy) is 1. The number of rotatable bonds is 2. The Morgan fingerprint density at radius 3 is 3.08 bits per heavy atom. The minimum absolute atomic E-state index is 0.0554. The number of methoxy groups -OCH3 is 1. The summed E-state index contributed by atoms with van der Waals surface area (Å²) in [6.07, 6.45) is 3.21. The van der Waals surface area contributed by atoms with Gasteiger partial charge in [0.05, 0.1) is 0 Å². The molecule has 1 heterocycles. The first kappa shape index (κ1) is 10.5. The van der Waals surface area contributed by atoms with Gasteiger partial charge >= 0.3 is 0 Å². The van der Waals surface area contributed by atoms with Gasteiger partial charge in [-0.1, -0.05) is 6.42 Å². The molecule has 0 aromatic rings. The van der Waals surface area contributed by atoms with Crippen LogP contribution in [0.2, 0.25) is 0 Å². The fraction of sp³-hybridized carbons (Fsp3) is 0.889. The lowest BCUT2D eigenvalue weighted by molar-refractivity contribution is -0.135. The highest BCUT2D eigenvalue weighted by molar-refractivity contribution is 5.77. The molecule has 1 aliphatic rings. The minimum Gasteiger partial charge on any atom is -0.375 e. The van der Waals surface area contributed by atoms with Crippen molar-refractivity contribution in [2.45, 2.75) is 25.3 Å². The number of carbonyl (C=O) groups is 1. The van der Waals surface area contributed by atoms with Crippen molar-refractivity contribution in [3.63, 3.8) is 0 Å². The Morgan fingerprint density at radius 2 is 2.38 bits per heavy atom. The fourth-order valence-electron chi connectivity index (χ4n) is 1.62. The largest absolute Gasteiger partial charge is 0.375 e. The van der Waals surface area contributed by atoms with E-state index in [4.69, 9.17) is 10.5 Å². The van der Waals surface area contributed by atoms with E-state index in [1.165, 1.54) is 7.11 Å². The van der Waals surface area contributed by atoms with Gasteiger partial charge in [0.25, 0.3) is 0 Å². The van der Waals surface area contributed by atoms with Crippen LogP contribution in [0.1, 0.15) is 19.3 Å². The summed E-state index contributed by atoms with van der Waals surface area (Å²) in [5.74, 6) is 0.0554. The van der Waals surface area contributed by atoms with Crippen LogP contribution in [0.4, 0.5) is 0 Å². The molecule has 76 valence electrons. The number of nitrogens with zero attached hydrogens (tertiary/aromatic N) is 1. The second-order valence-electron chi connectivity index (χ2n) is 3.53. The van der Waals surface area contributed by atoms with E-state index < -0.39 is 0 Å². The first-order valence-electron chi connectivity index (χ1n) is 4.76. The first-order chi connectivity index (χ1) is 6.24. The Kier molecular flexibility index (Phi) is 4.18. The third-order valence-electron chi connectivity index (χ3n) is 2.33. The lowest BCUT2D eigenvalue weighted by atomic mass is 10.2. The zero-order valence-electron chi connectivity index (χ0n) is 8.16. The van der Waals surface area contributed by atoms with E-state index in [1.54, 1.807) is 4.90 Å². The summed E-state index contributed by atoms with van der Waals surface area (Å²) in [6.45, 7) is 1.69. The molecule has 1 fully saturated rings. The van der Waals surface area contributed by atoms with Crippen LogP contribution < -0.4 is 5.73 Å². The molecule has 13 heavy (non-hydrogen) atoms. The van der Waals surface area contributed by atoms with Crippen LogP contribution in [0, 0.1) is 0 Å². The standard InChI is InChI=1S/C9H18N2O2/c1-13-7-9(12)11-5-3-2-4-8(10)6-11/h8H,2-7,10H2,1H3. The van der Waals surface area contributed by atoms with Crippen molar-refractivity contribution < 1.29 is 9.53 Å². The van der Waals surface area contributed by atoms with Crippen molar-refractivity contribution in [3.05, 3.63) is 0 Å². The molecule has 4 heteroatoms. The molecule has 4 nitrogen and oxygen atoms in total. The highest BCUT2D eigenvalue weighted by Gasteiger charge is 2.18. The normalized spacial score (nSPS) is 24.2. The topological polar surface area (TPSA) is 55.6 Å². The van der Waals surface area contributed by atoms with Crippen LogP contribution >= 0.6 is 0 Å². The molecule has 0 spiro atoms. The number of carbonyl (C=O) groups excluding carboxylic acids is 1. The smallest absolute Gasteiger partial charge is 0.248 e. The van der Waals surface area contributed by atoms with Gasteiger partial charge in [-0.3, -0.25) is 4.79 Å². The van der Waals surface area contributed by atoms with Gasteiger partial charge in [-0.05, 0) is 12.8 Å². The molecular formula is C9H18N2O2. The van der Waals surface area contributed by atoms with E-state index in [0.717, 1.165) is 25.8 Å². The number of hydrogen-bond acceptors (Lipinski definition) is 3. The van der Waals surface area contributed by atoms with Gasteiger partial charge in [-0.15, -0.1) is 0 Å². The molecule has 0 bridgehead atoms. The molecule has 0 radical (unpaired) electrons. The van der Waals surface area contributed by atoms with Gasteiger partial charge in [-0.25, -0.2) is 0 Å². The van der Waals surface area contributed by atoms with E-state index in [9.17, 15) is 4.79 Å². The molecule has 0 saturated carbocycles. The van der Waals surface area contributed by atoms with Crippen LogP contribution in [0.25, 0.3) is 0 Å². The van der Waals surface area contributed by atoms with Gasteiger partial charge in [0.2, 0.25) is 5.91 Å². The molecule has 1 unspecified atom stereocenters. The second-order valence-corrected chi connectivity index (χ2v) is 3.53. The molecule has 1 saturated heterocycles. The Bertz CT molecular complexity index is 173. The van der Waals surface area contributed by atoms with Crippen molar-refractivity contribution in [3.8, 4) is 0 Å². The summed E-state index contributed by atoms with van der Waals surface area (Å²) in [4.78, 5) is 13.2. The summed E-state index contributed by atoms with van der Waals surface area (Å²) in [5, 5.41) is 0. The summed E-state index contributed by atoms with van der Waals surface area (Å²) >= 11 is 0. The van der Waals surface area contributed by atoms with Crippen LogP contribution in [0.3, 0.4) is 0 Å². The highest BCUT2D eigenvalue weighted by Crippen LogP contribution is 2.09. The first-order valence-corrected chi connectivity index (χ1v) is 4.76. The molecule has 1 rings (SSSR count). The number of nitrogens with two attached hydrogens (primary N) is 1. The van der Waals surface area contributed by atoms with E-state index in [-0.39, 0.29) is 18.6 Å². The lowest BCUT2D eigenvalue weighted by Crippen LogP contribution is -2.41. The van der Waals surface area contributed by atoms with E-state index in [0.29, 0.717) is 6.54 Å². The molecule has 1 aliphatic heterocycles. The molecule has 2 N–H and O–H groups in total. The summed E-state index contributed by atoms with van der Waals surface area (Å²) in [5.41, 5.74) is 5.82. The third kappa shape index (κ3) is 3.32. The van der Waals surface area contributed by atoms with Crippen LogP contribution in [0.5, 0.6) is 0 Å². The van der Waals surface area contributed by atoms with Crippen LogP contribution in [-0.2, 0) is 9.53 Å². The minimum atomic E-state index is 0.0554. The van der Waals surface area contributed by atoms with Crippen molar-refractivity contribution in [2.24, 2.45) is 5.73 Å². The molecule has 0 aliphatic carbocycles. The third-order valence-corrected chi connectivity index (χ3v) is 2.33. The second kappa shape index (κ2) is 5.19. The Hall–Kier alpha value is -0.610. The summed E-state index contributed by atoms with van der Waals surface area (Å²) in [6, 6.07) is 0.142. The van der Waals surface area contributed by atoms with Gasteiger partial charge in [0.15, 0.2) is 0 Å². The number of likely N-dealkylation sites (tertiary alicyclic amines) is 1. The van der Waals surface area contributed by atoms with Crippen LogP contribution in [0.15, 0.2) is 0 Å². The van der Waals surface area contributed by atoms with Crippen molar-refractivity contribution >= 4 is 5.91 Å². The SMILES string of the molecule is COCC(=O)N1CCCCC(N)C1. The molecule has 0 aromatic carbocycles. The Morgan fingerprint density at radius 1 is 1.62 bits per heavy atom.